The molecule has 0 spiro atoms. The summed E-state index contributed by atoms with van der Waals surface area (Å²) in [4.78, 5) is 0. The van der Waals surface area contributed by atoms with Gasteiger partial charge < -0.3 is 10.7 Å². The van der Waals surface area contributed by atoms with Crippen LogP contribution >= 0.6 is 11.6 Å². The van der Waals surface area contributed by atoms with Crippen molar-refractivity contribution in [3.05, 3.63) is 0 Å². The average Bonchev–Trinajstić information content (AvgIpc) is 2.42. The first-order valence-electron chi connectivity index (χ1n) is 5.83. The summed E-state index contributed by atoms with van der Waals surface area (Å²) in [6.07, 6.45) is -15.8. The topological polar surface area (TPSA) is 103 Å². The predicted molar refractivity (Wildman–Crippen MR) is 62.2 cm³/mol. The van der Waals surface area contributed by atoms with Crippen molar-refractivity contribution in [1.29, 1.82) is 0 Å². The molecule has 0 aromatic carbocycles. The SMILES string of the molecule is O=S(=O)([O-])C(F)(F)C(F)(F)OC(F)(F)C(F)(F)C(F)(F)C(F)(F)C(F)(F)C(F)(F)Cl.[NH4+]. The van der Waals surface area contributed by atoms with Crippen LogP contribution in [-0.4, -0.2) is 59.5 Å². The van der Waals surface area contributed by atoms with Crippen molar-refractivity contribution in [3.63, 3.8) is 0 Å². The molecule has 23 heteroatoms. The van der Waals surface area contributed by atoms with Crippen LogP contribution in [0.5, 0.6) is 0 Å². The molecule has 31 heavy (non-hydrogen) atoms. The van der Waals surface area contributed by atoms with Crippen LogP contribution in [-0.2, 0) is 14.9 Å². The van der Waals surface area contributed by atoms with Crippen LogP contribution in [0, 0.1) is 0 Å². The Morgan fingerprint density at radius 3 is 1.13 bits per heavy atom. The highest BCUT2D eigenvalue weighted by molar-refractivity contribution is 7.86. The van der Waals surface area contributed by atoms with E-state index in [0.29, 0.717) is 0 Å². The van der Waals surface area contributed by atoms with Crippen molar-refractivity contribution in [2.75, 3.05) is 0 Å². The van der Waals surface area contributed by atoms with Gasteiger partial charge in [-0.25, -0.2) is 13.2 Å². The van der Waals surface area contributed by atoms with Crippen molar-refractivity contribution >= 4 is 21.7 Å². The largest absolute Gasteiger partial charge is 0.743 e. The van der Waals surface area contributed by atoms with E-state index in [2.05, 4.69) is 11.6 Å². The van der Waals surface area contributed by atoms with E-state index in [1.807, 2.05) is 0 Å². The second-order valence-corrected chi connectivity index (χ2v) is 6.80. The van der Waals surface area contributed by atoms with Gasteiger partial charge in [0.1, 0.15) is 0 Å². The quantitative estimate of drug-likeness (QED) is 0.246. The molecule has 0 aliphatic carbocycles. The third kappa shape index (κ3) is 4.57. The van der Waals surface area contributed by atoms with Gasteiger partial charge in [0.15, 0.2) is 10.1 Å². The van der Waals surface area contributed by atoms with Crippen LogP contribution in [0.4, 0.5) is 70.2 Å². The summed E-state index contributed by atoms with van der Waals surface area (Å²) in [5, 5.41) is -14.3. The summed E-state index contributed by atoms with van der Waals surface area (Å²) in [7, 11) is -7.79. The number of alkyl halides is 17. The van der Waals surface area contributed by atoms with E-state index in [4.69, 9.17) is 0 Å². The van der Waals surface area contributed by atoms with Gasteiger partial charge in [0, 0.05) is 0 Å². The lowest BCUT2D eigenvalue weighted by Gasteiger charge is -2.40. The minimum atomic E-state index is -8.52. The Labute approximate surface area is 163 Å². The molecule has 0 heterocycles. The fraction of sp³-hybridized carbons (Fsp3) is 1.00. The first kappa shape index (κ1) is 32.2. The molecule has 0 bridgehead atoms. The molecule has 0 rings (SSSR count). The highest BCUT2D eigenvalue weighted by Gasteiger charge is 2.91. The third-order valence-electron chi connectivity index (χ3n) is 2.81. The highest BCUT2D eigenvalue weighted by Crippen LogP contribution is 2.61. The van der Waals surface area contributed by atoms with Gasteiger partial charge in [-0.2, -0.15) is 70.2 Å². The minimum Gasteiger partial charge on any atom is -0.743 e. The van der Waals surface area contributed by atoms with Crippen LogP contribution in [0.15, 0.2) is 0 Å². The Morgan fingerprint density at radius 2 is 0.871 bits per heavy atom. The molecule has 0 aliphatic heterocycles. The zero-order chi connectivity index (χ0) is 25.2. The van der Waals surface area contributed by atoms with Gasteiger partial charge >= 0.3 is 46.5 Å². The molecular weight excluding hydrogens is 546 g/mol. The Bertz CT molecular complexity index is 762. The molecule has 4 N–H and O–H groups in total. The lowest BCUT2D eigenvalue weighted by Crippen LogP contribution is -2.71. The van der Waals surface area contributed by atoms with E-state index in [9.17, 15) is 83.2 Å². The monoisotopic (exact) mass is 549 g/mol. The number of hydrogen-bond donors (Lipinski definition) is 1. The maximum atomic E-state index is 13.1. The molecule has 190 valence electrons. The van der Waals surface area contributed by atoms with Gasteiger partial charge in [0.25, 0.3) is 0 Å². The third-order valence-corrected chi connectivity index (χ3v) is 3.92. The Balaban J connectivity index is 0. The van der Waals surface area contributed by atoms with Gasteiger partial charge in [-0.1, -0.05) is 0 Å². The number of ether oxygens (including phenoxy) is 1. The van der Waals surface area contributed by atoms with Crippen molar-refractivity contribution in [2.45, 2.75) is 46.5 Å². The molecule has 0 aromatic heterocycles. The van der Waals surface area contributed by atoms with Crippen LogP contribution in [0.25, 0.3) is 0 Å². The van der Waals surface area contributed by atoms with Crippen molar-refractivity contribution in [1.82, 2.24) is 6.15 Å². The zero-order valence-corrected chi connectivity index (χ0v) is 15.0. The number of rotatable bonds is 9. The van der Waals surface area contributed by atoms with E-state index in [0.717, 1.165) is 4.74 Å². The second kappa shape index (κ2) is 7.80. The Hall–Kier alpha value is -1.00. The number of hydrogen-bond acceptors (Lipinski definition) is 4. The van der Waals surface area contributed by atoms with Crippen LogP contribution in [0.2, 0.25) is 0 Å². The van der Waals surface area contributed by atoms with Crippen LogP contribution in [0.3, 0.4) is 0 Å². The molecule has 0 amide bonds. The molecule has 0 saturated carbocycles. The number of halogens is 17. The van der Waals surface area contributed by atoms with Gasteiger partial charge in [-0.3, -0.25) is 0 Å². The number of quaternary nitrogens is 1. The van der Waals surface area contributed by atoms with Crippen molar-refractivity contribution in [2.24, 2.45) is 0 Å². The molecule has 0 aliphatic rings. The molecule has 0 unspecified atom stereocenters. The first-order valence-corrected chi connectivity index (χ1v) is 7.61. The van der Waals surface area contributed by atoms with E-state index in [1.165, 1.54) is 0 Å². The molecule has 0 saturated heterocycles. The molecule has 0 fully saturated rings. The Morgan fingerprint density at radius 1 is 0.581 bits per heavy atom. The van der Waals surface area contributed by atoms with Gasteiger partial charge in [0.05, 0.1) is 0 Å². The van der Waals surface area contributed by atoms with Gasteiger partial charge in [-0.15, -0.1) is 0 Å². The van der Waals surface area contributed by atoms with E-state index < -0.39 is 56.7 Å². The minimum absolute atomic E-state index is 0. The lowest BCUT2D eigenvalue weighted by molar-refractivity contribution is -0.498. The van der Waals surface area contributed by atoms with Crippen molar-refractivity contribution in [3.8, 4) is 0 Å². The summed E-state index contributed by atoms with van der Waals surface area (Å²) in [6.45, 7) is 0. The van der Waals surface area contributed by atoms with E-state index >= 15 is 0 Å². The summed E-state index contributed by atoms with van der Waals surface area (Å²) in [6, 6.07) is 0. The summed E-state index contributed by atoms with van der Waals surface area (Å²) in [5.41, 5.74) is 0. The fourth-order valence-electron chi connectivity index (χ4n) is 1.19. The molecule has 0 aromatic rings. The maximum Gasteiger partial charge on any atom is 0.438 e. The lowest BCUT2D eigenvalue weighted by atomic mass is 9.97. The van der Waals surface area contributed by atoms with E-state index in [1.54, 1.807) is 0 Å². The Kier molecular flexibility index (Phi) is 8.09. The molecule has 0 atom stereocenters. The summed E-state index contributed by atoms with van der Waals surface area (Å²) >= 11 is 3.32. The predicted octanol–water partition coefficient (Wildman–Crippen LogP) is 5.08. The molecular formula is C8H4ClF16NO4S. The summed E-state index contributed by atoms with van der Waals surface area (Å²) < 4.78 is 235. The van der Waals surface area contributed by atoms with Crippen LogP contribution < -0.4 is 6.15 Å². The van der Waals surface area contributed by atoms with Gasteiger partial charge in [-0.05, 0) is 11.6 Å². The van der Waals surface area contributed by atoms with Crippen molar-refractivity contribution < 1.29 is 88.0 Å². The van der Waals surface area contributed by atoms with E-state index in [-0.39, 0.29) is 6.15 Å². The normalized spacial score (nSPS) is 16.2. The fourth-order valence-corrected chi connectivity index (χ4v) is 1.64. The molecule has 0 radical (unpaired) electrons. The maximum absolute atomic E-state index is 13.1. The summed E-state index contributed by atoms with van der Waals surface area (Å²) in [5.74, 6) is -33.1. The standard InChI is InChI=1S/C8HClF16O4S.H3N/c9-5(18,19)3(14,15)1(10,11)2(12,13)4(16,17)6(20,21)29-7(22,23)8(24,25)30(26,27)28;/h(H,26,27,28);1H3. The molecule has 5 nitrogen and oxygen atoms in total. The smallest absolute Gasteiger partial charge is 0.438 e. The first-order chi connectivity index (χ1) is 12.5. The van der Waals surface area contributed by atoms with Crippen LogP contribution in [0.1, 0.15) is 0 Å². The van der Waals surface area contributed by atoms with Gasteiger partial charge in [0.2, 0.25) is 0 Å². The highest BCUT2D eigenvalue weighted by atomic mass is 35.5. The zero-order valence-electron chi connectivity index (χ0n) is 13.5. The second-order valence-electron chi connectivity index (χ2n) is 4.90. The average molecular weight is 550 g/mol.